The van der Waals surface area contributed by atoms with Crippen LogP contribution in [0.4, 0.5) is 0 Å². The number of aliphatic carboxylic acids is 1. The summed E-state index contributed by atoms with van der Waals surface area (Å²) < 4.78 is 0. The lowest BCUT2D eigenvalue weighted by atomic mass is 9.94. The van der Waals surface area contributed by atoms with Gasteiger partial charge in [-0.2, -0.15) is 0 Å². The molecule has 1 unspecified atom stereocenters. The Morgan fingerprint density at radius 2 is 1.94 bits per heavy atom. The normalized spacial score (nSPS) is 17.1. The predicted octanol–water partition coefficient (Wildman–Crippen LogP) is 0.620. The Kier molecular flexibility index (Phi) is 3.62. The second-order valence-corrected chi connectivity index (χ2v) is 4.60. The summed E-state index contributed by atoms with van der Waals surface area (Å²) in [4.78, 5) is 24.1. The number of amides is 1. The van der Waals surface area contributed by atoms with Crippen molar-refractivity contribution in [2.24, 2.45) is 11.7 Å². The van der Waals surface area contributed by atoms with E-state index in [0.717, 1.165) is 5.56 Å². The van der Waals surface area contributed by atoms with Gasteiger partial charge in [0.05, 0.1) is 6.42 Å². The van der Waals surface area contributed by atoms with Gasteiger partial charge in [0.2, 0.25) is 5.91 Å². The first-order valence-corrected chi connectivity index (χ1v) is 5.89. The lowest BCUT2D eigenvalue weighted by molar-refractivity contribution is -0.145. The van der Waals surface area contributed by atoms with Crippen molar-refractivity contribution in [3.8, 4) is 0 Å². The molecule has 5 nitrogen and oxygen atoms in total. The highest BCUT2D eigenvalue weighted by Crippen LogP contribution is 2.23. The van der Waals surface area contributed by atoms with E-state index < -0.39 is 12.0 Å². The van der Waals surface area contributed by atoms with Crippen molar-refractivity contribution in [2.75, 3.05) is 13.1 Å². The molecule has 5 heteroatoms. The molecule has 0 saturated carbocycles. The maximum atomic E-state index is 12.0. The third-order valence-corrected chi connectivity index (χ3v) is 3.16. The molecule has 1 saturated heterocycles. The molecule has 1 heterocycles. The van der Waals surface area contributed by atoms with Gasteiger partial charge in [-0.1, -0.05) is 30.3 Å². The van der Waals surface area contributed by atoms with Gasteiger partial charge in [0.25, 0.3) is 0 Å². The molecule has 0 bridgehead atoms. The highest BCUT2D eigenvalue weighted by molar-refractivity contribution is 5.84. The molecule has 1 fully saturated rings. The predicted molar refractivity (Wildman–Crippen MR) is 65.7 cm³/mol. The number of carboxylic acids is 1. The monoisotopic (exact) mass is 248 g/mol. The molecule has 1 aliphatic heterocycles. The quantitative estimate of drug-likeness (QED) is 0.818. The zero-order chi connectivity index (χ0) is 13.1. The van der Waals surface area contributed by atoms with Gasteiger partial charge in [0.1, 0.15) is 6.04 Å². The van der Waals surface area contributed by atoms with Crippen LogP contribution in [0.25, 0.3) is 0 Å². The summed E-state index contributed by atoms with van der Waals surface area (Å²) in [5.74, 6) is -0.892. The number of rotatable bonds is 4. The van der Waals surface area contributed by atoms with E-state index >= 15 is 0 Å². The molecule has 1 aromatic rings. The van der Waals surface area contributed by atoms with Crippen LogP contribution in [0.15, 0.2) is 30.3 Å². The van der Waals surface area contributed by atoms with E-state index in [-0.39, 0.29) is 18.2 Å². The summed E-state index contributed by atoms with van der Waals surface area (Å²) in [7, 11) is 0. The number of nitrogens with zero attached hydrogens (tertiary/aromatic N) is 1. The second-order valence-electron chi connectivity index (χ2n) is 4.60. The van der Waals surface area contributed by atoms with Crippen LogP contribution in [0.1, 0.15) is 18.0 Å². The maximum Gasteiger partial charge on any atom is 0.303 e. The highest BCUT2D eigenvalue weighted by atomic mass is 16.4. The second kappa shape index (κ2) is 5.18. The number of benzene rings is 1. The van der Waals surface area contributed by atoms with E-state index in [0.29, 0.717) is 13.1 Å². The SMILES string of the molecule is NC(C(=O)N1CC(CC(=O)O)C1)c1ccccc1. The smallest absolute Gasteiger partial charge is 0.303 e. The van der Waals surface area contributed by atoms with E-state index in [1.165, 1.54) is 0 Å². The summed E-state index contributed by atoms with van der Waals surface area (Å²) in [5, 5.41) is 8.63. The zero-order valence-corrected chi connectivity index (χ0v) is 9.95. The molecule has 2 rings (SSSR count). The average Bonchev–Trinajstić information content (AvgIpc) is 2.32. The Bertz CT molecular complexity index is 441. The molecule has 1 atom stereocenters. The minimum absolute atomic E-state index is 0.0643. The van der Waals surface area contributed by atoms with Crippen molar-refractivity contribution < 1.29 is 14.7 Å². The average molecular weight is 248 g/mol. The summed E-state index contributed by atoms with van der Waals surface area (Å²) in [6.07, 6.45) is 0.115. The third-order valence-electron chi connectivity index (χ3n) is 3.16. The Hall–Kier alpha value is -1.88. The standard InChI is InChI=1S/C13H16N2O3/c14-12(10-4-2-1-3-5-10)13(18)15-7-9(8-15)6-11(16)17/h1-5,9,12H,6-8,14H2,(H,16,17). The van der Waals surface area contributed by atoms with E-state index in [1.54, 1.807) is 4.90 Å². The molecule has 0 aromatic heterocycles. The summed E-state index contributed by atoms with van der Waals surface area (Å²) in [5.41, 5.74) is 6.67. The third kappa shape index (κ3) is 2.68. The Balaban J connectivity index is 1.88. The van der Waals surface area contributed by atoms with Gasteiger partial charge in [0.15, 0.2) is 0 Å². The first kappa shape index (κ1) is 12.6. The number of carbonyl (C=O) groups is 2. The lowest BCUT2D eigenvalue weighted by Crippen LogP contribution is -2.53. The molecule has 3 N–H and O–H groups in total. The molecule has 1 aliphatic rings. The molecular weight excluding hydrogens is 232 g/mol. The van der Waals surface area contributed by atoms with Crippen LogP contribution in [0, 0.1) is 5.92 Å². The van der Waals surface area contributed by atoms with Gasteiger partial charge in [-0.3, -0.25) is 9.59 Å². The topological polar surface area (TPSA) is 83.6 Å². The summed E-state index contributed by atoms with van der Waals surface area (Å²) in [6, 6.07) is 8.52. The van der Waals surface area contributed by atoms with Crippen molar-refractivity contribution >= 4 is 11.9 Å². The van der Waals surface area contributed by atoms with Crippen molar-refractivity contribution in [3.63, 3.8) is 0 Å². The van der Waals surface area contributed by atoms with E-state index in [2.05, 4.69) is 0 Å². The molecule has 0 aliphatic carbocycles. The van der Waals surface area contributed by atoms with Gasteiger partial charge < -0.3 is 15.7 Å². The first-order valence-electron chi connectivity index (χ1n) is 5.89. The van der Waals surface area contributed by atoms with Crippen molar-refractivity contribution in [1.29, 1.82) is 0 Å². The van der Waals surface area contributed by atoms with Gasteiger partial charge in [-0.15, -0.1) is 0 Å². The summed E-state index contributed by atoms with van der Waals surface area (Å²) >= 11 is 0. The van der Waals surface area contributed by atoms with Gasteiger partial charge in [-0.25, -0.2) is 0 Å². The number of carboxylic acid groups (broad SMARTS) is 1. The van der Waals surface area contributed by atoms with Crippen LogP contribution in [0.2, 0.25) is 0 Å². The number of likely N-dealkylation sites (tertiary alicyclic amines) is 1. The van der Waals surface area contributed by atoms with Crippen molar-refractivity contribution in [2.45, 2.75) is 12.5 Å². The zero-order valence-electron chi connectivity index (χ0n) is 9.95. The Morgan fingerprint density at radius 1 is 1.33 bits per heavy atom. The van der Waals surface area contributed by atoms with Crippen molar-refractivity contribution in [3.05, 3.63) is 35.9 Å². The Labute approximate surface area is 105 Å². The van der Waals surface area contributed by atoms with Crippen LogP contribution in [0.5, 0.6) is 0 Å². The van der Waals surface area contributed by atoms with Crippen LogP contribution in [0.3, 0.4) is 0 Å². The van der Waals surface area contributed by atoms with Gasteiger partial charge in [-0.05, 0) is 5.56 Å². The minimum atomic E-state index is -0.820. The number of carbonyl (C=O) groups excluding carboxylic acids is 1. The van der Waals surface area contributed by atoms with E-state index in [1.807, 2.05) is 30.3 Å². The Morgan fingerprint density at radius 3 is 2.50 bits per heavy atom. The molecule has 0 spiro atoms. The van der Waals surface area contributed by atoms with Crippen LogP contribution >= 0.6 is 0 Å². The van der Waals surface area contributed by atoms with Crippen molar-refractivity contribution in [1.82, 2.24) is 4.90 Å². The van der Waals surface area contributed by atoms with Crippen LogP contribution in [-0.4, -0.2) is 35.0 Å². The fourth-order valence-electron chi connectivity index (χ4n) is 2.13. The molecular formula is C13H16N2O3. The van der Waals surface area contributed by atoms with Gasteiger partial charge >= 0.3 is 5.97 Å². The van der Waals surface area contributed by atoms with Gasteiger partial charge in [0, 0.05) is 19.0 Å². The van der Waals surface area contributed by atoms with E-state index in [9.17, 15) is 9.59 Å². The number of hydrogen-bond donors (Lipinski definition) is 2. The molecule has 18 heavy (non-hydrogen) atoms. The molecule has 0 radical (unpaired) electrons. The fourth-order valence-corrected chi connectivity index (χ4v) is 2.13. The molecule has 1 amide bonds. The van der Waals surface area contributed by atoms with E-state index in [4.69, 9.17) is 10.8 Å². The lowest BCUT2D eigenvalue weighted by Gasteiger charge is -2.39. The minimum Gasteiger partial charge on any atom is -0.481 e. The number of nitrogens with two attached hydrogens (primary N) is 1. The van der Waals surface area contributed by atoms with Crippen LogP contribution in [-0.2, 0) is 9.59 Å². The maximum absolute atomic E-state index is 12.0. The number of hydrogen-bond acceptors (Lipinski definition) is 3. The molecule has 1 aromatic carbocycles. The summed E-state index contributed by atoms with van der Waals surface area (Å²) in [6.45, 7) is 0.983. The largest absolute Gasteiger partial charge is 0.481 e. The first-order chi connectivity index (χ1) is 8.58. The highest BCUT2D eigenvalue weighted by Gasteiger charge is 2.34. The molecule has 96 valence electrons. The van der Waals surface area contributed by atoms with Crippen LogP contribution < -0.4 is 5.73 Å². The fraction of sp³-hybridized carbons (Fsp3) is 0.385.